The minimum Gasteiger partial charge on any atom is -0.478 e. The third kappa shape index (κ3) is 3.99. The Kier molecular flexibility index (Phi) is 4.85. The van der Waals surface area contributed by atoms with Crippen molar-refractivity contribution in [2.75, 3.05) is 11.5 Å². The van der Waals surface area contributed by atoms with Crippen LogP contribution >= 0.6 is 11.8 Å². The Morgan fingerprint density at radius 1 is 1.37 bits per heavy atom. The predicted molar refractivity (Wildman–Crippen MR) is 75.6 cm³/mol. The van der Waals surface area contributed by atoms with Crippen molar-refractivity contribution in [1.29, 1.82) is 0 Å². The van der Waals surface area contributed by atoms with Crippen LogP contribution in [-0.2, 0) is 11.2 Å². The fourth-order valence-electron chi connectivity index (χ4n) is 2.19. The van der Waals surface area contributed by atoms with E-state index in [4.69, 9.17) is 5.11 Å². The van der Waals surface area contributed by atoms with Crippen LogP contribution in [0.25, 0.3) is 0 Å². The summed E-state index contributed by atoms with van der Waals surface area (Å²) >= 11 is 1.85. The number of hydrogen-bond acceptors (Lipinski definition) is 3. The number of benzene rings is 1. The Morgan fingerprint density at radius 2 is 2.16 bits per heavy atom. The van der Waals surface area contributed by atoms with Gasteiger partial charge in [0.2, 0.25) is 5.91 Å². The van der Waals surface area contributed by atoms with Crippen molar-refractivity contribution in [3.63, 3.8) is 0 Å². The van der Waals surface area contributed by atoms with E-state index in [1.807, 2.05) is 11.8 Å². The van der Waals surface area contributed by atoms with Gasteiger partial charge in [-0.3, -0.25) is 4.79 Å². The molecule has 1 aliphatic rings. The third-order valence-electron chi connectivity index (χ3n) is 3.12. The number of thioether (sulfide) groups is 1. The van der Waals surface area contributed by atoms with Gasteiger partial charge in [-0.1, -0.05) is 18.2 Å². The summed E-state index contributed by atoms with van der Waals surface area (Å²) in [4.78, 5) is 23.0. The van der Waals surface area contributed by atoms with Gasteiger partial charge in [0.15, 0.2) is 0 Å². The van der Waals surface area contributed by atoms with Crippen LogP contribution < -0.4 is 5.32 Å². The number of nitrogens with one attached hydrogen (secondary N) is 1. The van der Waals surface area contributed by atoms with Crippen LogP contribution in [0.2, 0.25) is 0 Å². The molecule has 0 aromatic heterocycles. The van der Waals surface area contributed by atoms with Gasteiger partial charge in [-0.25, -0.2) is 4.79 Å². The fraction of sp³-hybridized carbons (Fsp3) is 0.429. The molecule has 1 atom stereocenters. The molecule has 1 aromatic rings. The van der Waals surface area contributed by atoms with E-state index in [0.717, 1.165) is 24.3 Å². The summed E-state index contributed by atoms with van der Waals surface area (Å²) in [6, 6.07) is 6.87. The number of carbonyl (C=O) groups excluding carboxylic acids is 1. The molecule has 1 unspecified atom stereocenters. The second-order valence-electron chi connectivity index (χ2n) is 4.62. The van der Waals surface area contributed by atoms with Crippen LogP contribution in [0.4, 0.5) is 0 Å². The summed E-state index contributed by atoms with van der Waals surface area (Å²) in [6.45, 7) is 0. The highest BCUT2D eigenvalue weighted by Gasteiger charge is 2.17. The summed E-state index contributed by atoms with van der Waals surface area (Å²) < 4.78 is 0. The Hall–Kier alpha value is -1.49. The maximum absolute atomic E-state index is 11.9. The van der Waals surface area contributed by atoms with Gasteiger partial charge in [0.1, 0.15) is 0 Å². The lowest BCUT2D eigenvalue weighted by Crippen LogP contribution is -2.39. The number of carboxylic acids is 1. The highest BCUT2D eigenvalue weighted by atomic mass is 32.2. The van der Waals surface area contributed by atoms with Crippen molar-refractivity contribution in [2.24, 2.45) is 0 Å². The molecule has 4 nitrogen and oxygen atoms in total. The van der Waals surface area contributed by atoms with Gasteiger partial charge in [-0.05, 0) is 30.2 Å². The second kappa shape index (κ2) is 6.61. The highest BCUT2D eigenvalue weighted by Crippen LogP contribution is 2.17. The fourth-order valence-corrected chi connectivity index (χ4v) is 3.26. The first-order valence-corrected chi connectivity index (χ1v) is 7.50. The first kappa shape index (κ1) is 13.9. The molecule has 0 spiro atoms. The van der Waals surface area contributed by atoms with Gasteiger partial charge >= 0.3 is 5.97 Å². The van der Waals surface area contributed by atoms with Gasteiger partial charge in [-0.15, -0.1) is 0 Å². The van der Waals surface area contributed by atoms with Crippen molar-refractivity contribution < 1.29 is 14.7 Å². The Bertz CT molecular complexity index is 470. The van der Waals surface area contributed by atoms with E-state index in [0.29, 0.717) is 5.56 Å². The predicted octanol–water partition coefficient (Wildman–Crippen LogP) is 1.94. The van der Waals surface area contributed by atoms with E-state index < -0.39 is 5.97 Å². The minimum absolute atomic E-state index is 0.0961. The summed E-state index contributed by atoms with van der Waals surface area (Å²) in [6.07, 6.45) is 2.27. The molecule has 0 radical (unpaired) electrons. The summed E-state index contributed by atoms with van der Waals surface area (Å²) in [5.41, 5.74) is 0.770. The third-order valence-corrected chi connectivity index (χ3v) is 4.34. The van der Waals surface area contributed by atoms with Crippen molar-refractivity contribution in [1.82, 2.24) is 5.32 Å². The molecular weight excluding hydrogens is 262 g/mol. The number of carbonyl (C=O) groups is 2. The first-order chi connectivity index (χ1) is 9.16. The number of carboxylic acid groups (broad SMARTS) is 1. The molecule has 19 heavy (non-hydrogen) atoms. The van der Waals surface area contributed by atoms with Gasteiger partial charge < -0.3 is 10.4 Å². The molecule has 2 rings (SSSR count). The van der Waals surface area contributed by atoms with Gasteiger partial charge in [0, 0.05) is 11.8 Å². The topological polar surface area (TPSA) is 66.4 Å². The van der Waals surface area contributed by atoms with E-state index >= 15 is 0 Å². The molecule has 0 aliphatic carbocycles. The molecule has 0 saturated carbocycles. The monoisotopic (exact) mass is 279 g/mol. The lowest BCUT2D eigenvalue weighted by atomic mass is 10.0. The molecule has 2 N–H and O–H groups in total. The number of aromatic carboxylic acids is 1. The Labute approximate surface area is 116 Å². The van der Waals surface area contributed by atoms with Crippen LogP contribution in [0.3, 0.4) is 0 Å². The zero-order valence-electron chi connectivity index (χ0n) is 10.6. The summed E-state index contributed by atoms with van der Waals surface area (Å²) in [7, 11) is 0. The van der Waals surface area contributed by atoms with E-state index in [2.05, 4.69) is 5.32 Å². The molecule has 1 aliphatic heterocycles. The normalized spacial score (nSPS) is 18.8. The van der Waals surface area contributed by atoms with E-state index in [-0.39, 0.29) is 23.9 Å². The first-order valence-electron chi connectivity index (χ1n) is 6.35. The van der Waals surface area contributed by atoms with Crippen LogP contribution in [-0.4, -0.2) is 34.5 Å². The molecule has 1 aromatic carbocycles. The van der Waals surface area contributed by atoms with Crippen LogP contribution in [0.5, 0.6) is 0 Å². The molecule has 1 saturated heterocycles. The smallest absolute Gasteiger partial charge is 0.335 e. The quantitative estimate of drug-likeness (QED) is 0.884. The zero-order chi connectivity index (χ0) is 13.7. The SMILES string of the molecule is O=C(Cc1ccccc1C(=O)O)NC1CCCSC1. The molecular formula is C14H17NO3S. The van der Waals surface area contributed by atoms with Crippen molar-refractivity contribution in [2.45, 2.75) is 25.3 Å². The Morgan fingerprint density at radius 3 is 2.84 bits per heavy atom. The van der Waals surface area contributed by atoms with Crippen molar-refractivity contribution >= 4 is 23.6 Å². The maximum atomic E-state index is 11.9. The summed E-state index contributed by atoms with van der Waals surface area (Å²) in [5, 5.41) is 12.0. The lowest BCUT2D eigenvalue weighted by Gasteiger charge is -2.22. The second-order valence-corrected chi connectivity index (χ2v) is 5.77. The summed E-state index contributed by atoms with van der Waals surface area (Å²) in [5.74, 6) is 1.03. The molecule has 1 amide bonds. The molecule has 5 heteroatoms. The van der Waals surface area contributed by atoms with E-state index in [1.54, 1.807) is 18.2 Å². The average molecular weight is 279 g/mol. The van der Waals surface area contributed by atoms with Crippen molar-refractivity contribution in [3.05, 3.63) is 35.4 Å². The number of hydrogen-bond donors (Lipinski definition) is 2. The molecule has 1 fully saturated rings. The molecule has 102 valence electrons. The van der Waals surface area contributed by atoms with Gasteiger partial charge in [0.25, 0.3) is 0 Å². The highest BCUT2D eigenvalue weighted by molar-refractivity contribution is 7.99. The largest absolute Gasteiger partial charge is 0.478 e. The molecule has 1 heterocycles. The Balaban J connectivity index is 1.96. The minimum atomic E-state index is -0.989. The van der Waals surface area contributed by atoms with E-state index in [9.17, 15) is 9.59 Å². The standard InChI is InChI=1S/C14H17NO3S/c16-13(15-11-5-3-7-19-9-11)8-10-4-1-2-6-12(10)14(17)18/h1-2,4,6,11H,3,5,7-9H2,(H,15,16)(H,17,18). The maximum Gasteiger partial charge on any atom is 0.335 e. The average Bonchev–Trinajstić information content (AvgIpc) is 2.40. The lowest BCUT2D eigenvalue weighted by molar-refractivity contribution is -0.121. The van der Waals surface area contributed by atoms with E-state index in [1.165, 1.54) is 6.07 Å². The van der Waals surface area contributed by atoms with Crippen LogP contribution in [0.15, 0.2) is 24.3 Å². The van der Waals surface area contributed by atoms with Crippen LogP contribution in [0.1, 0.15) is 28.8 Å². The number of rotatable bonds is 4. The van der Waals surface area contributed by atoms with Gasteiger partial charge in [0.05, 0.1) is 12.0 Å². The molecule has 0 bridgehead atoms. The zero-order valence-corrected chi connectivity index (χ0v) is 11.4. The van der Waals surface area contributed by atoms with Crippen molar-refractivity contribution in [3.8, 4) is 0 Å². The van der Waals surface area contributed by atoms with Gasteiger partial charge in [-0.2, -0.15) is 11.8 Å². The van der Waals surface area contributed by atoms with Crippen LogP contribution in [0, 0.1) is 0 Å². The number of amides is 1.